The van der Waals surface area contributed by atoms with Crippen LogP contribution in [0.2, 0.25) is 0 Å². The molecule has 13 rings (SSSR count). The SMILES string of the molecule is C[C@]12C[C@H](CCOC(=O)CCCNC(=O)c3ccc(/C4=c5\cc/c([nH]5)=C(\c5ccccc5)C5=N/C(=C(/c6ccccc6)c6ccc([nH]6)/C(c6ccccc6)=C6/C=CC4N6)C=C5)cc3)C3c4ccc(O)cc4CCC3C1CC[C@@H]2O. The van der Waals surface area contributed by atoms with Gasteiger partial charge in [0.05, 0.1) is 30.2 Å². The number of rotatable bonds is 12. The van der Waals surface area contributed by atoms with Gasteiger partial charge in [0.15, 0.2) is 0 Å². The number of aromatic nitrogens is 2. The first-order chi connectivity index (χ1) is 38.7. The molecule has 8 bridgehead atoms. The zero-order valence-electron chi connectivity index (χ0n) is 44.4. The van der Waals surface area contributed by atoms with E-state index < -0.39 is 0 Å². The number of aromatic amines is 2. The van der Waals surface area contributed by atoms with Crippen LogP contribution in [0, 0.1) is 23.2 Å². The lowest BCUT2D eigenvalue weighted by atomic mass is 9.51. The van der Waals surface area contributed by atoms with Gasteiger partial charge in [0.25, 0.3) is 5.91 Å². The molecule has 7 atom stereocenters. The van der Waals surface area contributed by atoms with Crippen LogP contribution in [0.1, 0.15) is 113 Å². The molecular weight excluding hydrogens is 979 g/mol. The number of aromatic hydroxyl groups is 1. The van der Waals surface area contributed by atoms with E-state index in [2.05, 4.69) is 155 Å². The first kappa shape index (κ1) is 50.1. The van der Waals surface area contributed by atoms with Gasteiger partial charge in [-0.25, -0.2) is 4.99 Å². The lowest BCUT2D eigenvalue weighted by Gasteiger charge is -2.54. The molecule has 10 nitrogen and oxygen atoms in total. The summed E-state index contributed by atoms with van der Waals surface area (Å²) in [6.45, 7) is 2.92. The monoisotopic (exact) mass is 1040 g/mol. The highest BCUT2D eigenvalue weighted by Crippen LogP contribution is 2.63. The van der Waals surface area contributed by atoms with Crippen molar-refractivity contribution in [3.8, 4) is 5.75 Å². The van der Waals surface area contributed by atoms with Crippen molar-refractivity contribution in [2.45, 2.75) is 76.4 Å². The molecule has 5 aromatic carbocycles. The Balaban J connectivity index is 0.747. The van der Waals surface area contributed by atoms with E-state index >= 15 is 0 Å². The van der Waals surface area contributed by atoms with Crippen LogP contribution in [0.3, 0.4) is 0 Å². The number of amides is 1. The van der Waals surface area contributed by atoms with Crippen LogP contribution in [-0.4, -0.2) is 63.1 Å². The molecule has 1 amide bonds. The minimum Gasteiger partial charge on any atom is -0.508 e. The first-order valence-electron chi connectivity index (χ1n) is 28.2. The number of aliphatic hydroxyl groups excluding tert-OH is 1. The van der Waals surface area contributed by atoms with Crippen LogP contribution in [0.25, 0.3) is 22.3 Å². The number of H-pyrrole nitrogens is 2. The number of aryl methyl sites for hydroxylation is 1. The van der Waals surface area contributed by atoms with Gasteiger partial charge in [0.2, 0.25) is 0 Å². The van der Waals surface area contributed by atoms with Crippen molar-refractivity contribution in [3.63, 3.8) is 0 Å². The number of hydrogen-bond acceptors (Lipinski definition) is 7. The molecule has 2 fully saturated rings. The van der Waals surface area contributed by atoms with Crippen LogP contribution < -0.4 is 21.3 Å². The second-order valence-corrected chi connectivity index (χ2v) is 22.5. The normalized spacial score (nSPS) is 26.9. The number of aliphatic hydroxyl groups is 1. The molecule has 7 aromatic rings. The topological polar surface area (TPSA) is 152 Å². The zero-order valence-corrected chi connectivity index (χ0v) is 44.4. The Labute approximate surface area is 460 Å². The van der Waals surface area contributed by atoms with Gasteiger partial charge in [0.1, 0.15) is 5.75 Å². The van der Waals surface area contributed by atoms with Gasteiger partial charge >= 0.3 is 5.97 Å². The number of phenolic OH excluding ortho intramolecular Hbond substituents is 1. The molecule has 2 aromatic heterocycles. The highest BCUT2D eigenvalue weighted by atomic mass is 16.5. The fraction of sp³-hybridized carbons (Fsp3) is 0.261. The Hall–Kier alpha value is -8.47. The summed E-state index contributed by atoms with van der Waals surface area (Å²) in [5.41, 5.74) is 15.7. The Kier molecular flexibility index (Phi) is 13.3. The second kappa shape index (κ2) is 21.1. The third-order valence-electron chi connectivity index (χ3n) is 18.0. The predicted octanol–water partition coefficient (Wildman–Crippen LogP) is 10.8. The van der Waals surface area contributed by atoms with Gasteiger partial charge in [-0.3, -0.25) is 9.59 Å². The van der Waals surface area contributed by atoms with Crippen molar-refractivity contribution in [3.05, 3.63) is 254 Å². The van der Waals surface area contributed by atoms with E-state index in [4.69, 9.17) is 9.73 Å². The molecular formula is C69H65N5O5. The van der Waals surface area contributed by atoms with Crippen molar-refractivity contribution in [1.29, 1.82) is 0 Å². The molecule has 396 valence electrons. The lowest BCUT2D eigenvalue weighted by Crippen LogP contribution is -2.48. The quantitative estimate of drug-likeness (QED) is 0.0530. The summed E-state index contributed by atoms with van der Waals surface area (Å²) < 4.78 is 5.87. The Morgan fingerprint density at radius 1 is 0.722 bits per heavy atom. The summed E-state index contributed by atoms with van der Waals surface area (Å²) in [5.74, 6) is 1.34. The number of ether oxygens (including phenoxy) is 1. The van der Waals surface area contributed by atoms with Gasteiger partial charge in [-0.15, -0.1) is 0 Å². The maximum atomic E-state index is 13.7. The molecule has 0 spiro atoms. The smallest absolute Gasteiger partial charge is 0.305 e. The molecule has 0 radical (unpaired) electrons. The van der Waals surface area contributed by atoms with Crippen molar-refractivity contribution < 1.29 is 24.5 Å². The Morgan fingerprint density at radius 2 is 1.42 bits per heavy atom. The number of allylic oxidation sites excluding steroid dienone is 3. The summed E-state index contributed by atoms with van der Waals surface area (Å²) in [5, 5.41) is 30.3. The van der Waals surface area contributed by atoms with E-state index in [-0.39, 0.29) is 41.8 Å². The number of carbonyl (C=O) groups is 2. The summed E-state index contributed by atoms with van der Waals surface area (Å²) in [6, 6.07) is 53.2. The predicted molar refractivity (Wildman–Crippen MR) is 311 cm³/mol. The fourth-order valence-electron chi connectivity index (χ4n) is 14.3. The van der Waals surface area contributed by atoms with Gasteiger partial charge in [0, 0.05) is 68.6 Å². The maximum Gasteiger partial charge on any atom is 0.305 e. The summed E-state index contributed by atoms with van der Waals surface area (Å²) in [6.07, 6.45) is 14.4. The summed E-state index contributed by atoms with van der Waals surface area (Å²) in [7, 11) is 0. The van der Waals surface area contributed by atoms with E-state index in [1.807, 2.05) is 48.5 Å². The van der Waals surface area contributed by atoms with Gasteiger partial charge in [-0.2, -0.15) is 0 Å². The van der Waals surface area contributed by atoms with Crippen LogP contribution >= 0.6 is 0 Å². The molecule has 6 N–H and O–H groups in total. The summed E-state index contributed by atoms with van der Waals surface area (Å²) in [4.78, 5) is 39.9. The van der Waals surface area contributed by atoms with E-state index in [1.165, 1.54) is 11.1 Å². The molecule has 6 aliphatic rings. The molecule has 2 saturated carbocycles. The van der Waals surface area contributed by atoms with Gasteiger partial charge < -0.3 is 35.6 Å². The van der Waals surface area contributed by atoms with Crippen LogP contribution in [0.4, 0.5) is 0 Å². The largest absolute Gasteiger partial charge is 0.508 e. The van der Waals surface area contributed by atoms with E-state index in [0.29, 0.717) is 48.6 Å². The minimum atomic E-state index is -0.312. The van der Waals surface area contributed by atoms with Crippen molar-refractivity contribution >= 4 is 39.9 Å². The first-order valence-corrected chi connectivity index (χ1v) is 28.2. The van der Waals surface area contributed by atoms with Crippen molar-refractivity contribution in [2.75, 3.05) is 13.2 Å². The highest BCUT2D eigenvalue weighted by molar-refractivity contribution is 6.30. The van der Waals surface area contributed by atoms with Crippen LogP contribution in [-0.2, 0) is 16.0 Å². The number of nitrogens with zero attached hydrogens (tertiary/aromatic N) is 1. The van der Waals surface area contributed by atoms with E-state index in [9.17, 15) is 19.8 Å². The number of nitrogens with one attached hydrogen (secondary N) is 4. The Morgan fingerprint density at radius 3 is 2.16 bits per heavy atom. The molecule has 4 unspecified atom stereocenters. The maximum absolute atomic E-state index is 13.7. The third-order valence-corrected chi connectivity index (χ3v) is 18.0. The number of esters is 1. The van der Waals surface area contributed by atoms with Crippen molar-refractivity contribution in [2.24, 2.45) is 28.2 Å². The minimum absolute atomic E-state index is 0.138. The van der Waals surface area contributed by atoms with Crippen LogP contribution in [0.5, 0.6) is 5.75 Å². The van der Waals surface area contributed by atoms with Gasteiger partial charge in [-0.1, -0.05) is 122 Å². The standard InChI is InChI=1S/C69H65N5O5/c1-69-41-48(63-50-26-24-49(75)40-47(50)23-25-51(63)52(69)27-36-61(69)76)37-39-79-62(77)18-11-38-70-68(78)46-21-19-45(20-22-46)67-59-34-32-57(73-59)65(43-14-7-3-8-15-43)55-30-28-53(71-55)64(42-12-5-2-6-13-42)54-29-31-56(72-54)66(44-16-9-4-10-17-44)58-33-35-60(67)74-58/h2-10,12-17,19-22,24,26,28-35,40,48,51-52,59,61,63,71,73-76H,11,18,23,25,27,36-39,41H2,1H3,(H,70,78)/b64-54-,65-57-,66-58-,67-60-/t48-,51?,52?,59?,61-,63?,69-/m0/s1. The average Bonchev–Trinajstić information content (AvgIpc) is 4.57. The zero-order chi connectivity index (χ0) is 53.6. The van der Waals surface area contributed by atoms with E-state index in [1.54, 1.807) is 6.07 Å². The van der Waals surface area contributed by atoms with Crippen molar-refractivity contribution in [1.82, 2.24) is 20.6 Å². The average molecular weight is 1040 g/mol. The summed E-state index contributed by atoms with van der Waals surface area (Å²) >= 11 is 0. The molecule has 79 heavy (non-hydrogen) atoms. The fourth-order valence-corrected chi connectivity index (χ4v) is 14.3. The van der Waals surface area contributed by atoms with Gasteiger partial charge in [-0.05, 0) is 174 Å². The molecule has 3 aliphatic heterocycles. The van der Waals surface area contributed by atoms with E-state index in [0.717, 1.165) is 122 Å². The number of benzene rings is 5. The number of hydrogen-bond donors (Lipinski definition) is 6. The number of carbonyl (C=O) groups excluding carboxylic acids is 2. The number of fused-ring (bicyclic) bond motifs is 12. The third kappa shape index (κ3) is 9.52. The van der Waals surface area contributed by atoms with Crippen LogP contribution in [0.15, 0.2) is 198 Å². The number of phenols is 1. The number of aliphatic imine (C=N–C) groups is 1. The molecule has 0 saturated heterocycles. The molecule has 5 heterocycles. The molecule has 10 heteroatoms. The molecule has 3 aliphatic carbocycles. The highest BCUT2D eigenvalue weighted by Gasteiger charge is 2.57. The second-order valence-electron chi connectivity index (χ2n) is 22.5. The lowest BCUT2D eigenvalue weighted by molar-refractivity contribution is -0.144. The Bertz CT molecular complexity index is 3770.